The Hall–Kier alpha value is -3.49. The van der Waals surface area contributed by atoms with E-state index in [1.165, 1.54) is 18.5 Å². The van der Waals surface area contributed by atoms with Gasteiger partial charge in [-0.05, 0) is 30.2 Å². The van der Waals surface area contributed by atoms with Crippen molar-refractivity contribution in [2.24, 2.45) is 0 Å². The van der Waals surface area contributed by atoms with Crippen LogP contribution in [-0.4, -0.2) is 43.1 Å². The summed E-state index contributed by atoms with van der Waals surface area (Å²) in [5.41, 5.74) is 7.37. The molecular weight excluding hydrogens is 349 g/mol. The van der Waals surface area contributed by atoms with Gasteiger partial charge in [0.25, 0.3) is 0 Å². The number of nitrogens with two attached hydrogens (primary N) is 1. The van der Waals surface area contributed by atoms with Gasteiger partial charge in [0.15, 0.2) is 11.6 Å². The van der Waals surface area contributed by atoms with E-state index < -0.39 is 6.04 Å². The second-order valence-corrected chi connectivity index (χ2v) is 6.28. The fourth-order valence-electron chi connectivity index (χ4n) is 3.08. The Balaban J connectivity index is 1.47. The number of aromatic nitrogens is 4. The van der Waals surface area contributed by atoms with Gasteiger partial charge < -0.3 is 16.0 Å². The van der Waals surface area contributed by atoms with Crippen LogP contribution in [0.1, 0.15) is 12.0 Å². The highest BCUT2D eigenvalue weighted by Crippen LogP contribution is 2.24. The molecule has 3 N–H and O–H groups in total. The average Bonchev–Trinajstić information content (AvgIpc) is 3.31. The topological polar surface area (TPSA) is 102 Å². The maximum Gasteiger partial charge on any atom is 0.245 e. The van der Waals surface area contributed by atoms with E-state index in [0.29, 0.717) is 36.8 Å². The summed E-state index contributed by atoms with van der Waals surface area (Å²) in [5, 5.41) is 7.23. The van der Waals surface area contributed by atoms with Gasteiger partial charge in [-0.3, -0.25) is 4.79 Å². The molecule has 0 saturated carbocycles. The SMILES string of the molecule is Nc1c(NC2CCN(Cc3ccc(F)cc3)C2=O)ncnc1-n1cccn1. The zero-order chi connectivity index (χ0) is 18.8. The maximum atomic E-state index is 13.0. The largest absolute Gasteiger partial charge is 0.393 e. The quantitative estimate of drug-likeness (QED) is 0.710. The van der Waals surface area contributed by atoms with Crippen molar-refractivity contribution in [1.29, 1.82) is 0 Å². The predicted octanol–water partition coefficient (Wildman–Crippen LogP) is 1.60. The monoisotopic (exact) mass is 367 g/mol. The molecule has 1 aromatic carbocycles. The van der Waals surface area contributed by atoms with E-state index >= 15 is 0 Å². The molecule has 2 aromatic heterocycles. The van der Waals surface area contributed by atoms with Crippen LogP contribution in [0.3, 0.4) is 0 Å². The standard InChI is InChI=1S/C18H18FN7O/c19-13-4-2-12(3-5-13)10-25-9-6-14(18(25)27)24-16-15(20)17(22-11-21-16)26-8-1-7-23-26/h1-5,7-8,11,14H,6,9-10,20H2,(H,21,22,24). The van der Waals surface area contributed by atoms with E-state index in [9.17, 15) is 9.18 Å². The lowest BCUT2D eigenvalue weighted by Crippen LogP contribution is -2.33. The predicted molar refractivity (Wildman–Crippen MR) is 97.4 cm³/mol. The first-order chi connectivity index (χ1) is 13.1. The first-order valence-corrected chi connectivity index (χ1v) is 8.52. The number of nitrogen functional groups attached to an aromatic ring is 1. The Labute approximate surface area is 154 Å². The molecule has 8 nitrogen and oxygen atoms in total. The fourth-order valence-corrected chi connectivity index (χ4v) is 3.08. The second-order valence-electron chi connectivity index (χ2n) is 6.28. The minimum Gasteiger partial charge on any atom is -0.393 e. The number of carbonyl (C=O) groups is 1. The summed E-state index contributed by atoms with van der Waals surface area (Å²) >= 11 is 0. The van der Waals surface area contributed by atoms with Gasteiger partial charge in [-0.25, -0.2) is 19.0 Å². The number of benzene rings is 1. The van der Waals surface area contributed by atoms with Crippen molar-refractivity contribution in [3.63, 3.8) is 0 Å². The molecular formula is C18H18FN7O. The van der Waals surface area contributed by atoms with Crippen molar-refractivity contribution in [1.82, 2.24) is 24.6 Å². The molecule has 1 aliphatic rings. The lowest BCUT2D eigenvalue weighted by atomic mass is 10.2. The fraction of sp³-hybridized carbons (Fsp3) is 0.222. The number of nitrogens with one attached hydrogen (secondary N) is 1. The zero-order valence-corrected chi connectivity index (χ0v) is 14.4. The molecule has 3 heterocycles. The van der Waals surface area contributed by atoms with E-state index in [-0.39, 0.29) is 11.7 Å². The summed E-state index contributed by atoms with van der Waals surface area (Å²) in [6, 6.07) is 7.49. The summed E-state index contributed by atoms with van der Waals surface area (Å²) in [5.74, 6) is 0.514. The van der Waals surface area contributed by atoms with Gasteiger partial charge in [-0.15, -0.1) is 0 Å². The van der Waals surface area contributed by atoms with Crippen LogP contribution in [0.2, 0.25) is 0 Å². The molecule has 138 valence electrons. The second kappa shape index (κ2) is 7.02. The van der Waals surface area contributed by atoms with Crippen molar-refractivity contribution in [2.45, 2.75) is 19.0 Å². The third-order valence-corrected chi connectivity index (χ3v) is 4.48. The summed E-state index contributed by atoms with van der Waals surface area (Å²) < 4.78 is 14.6. The molecule has 1 amide bonds. The van der Waals surface area contributed by atoms with Gasteiger partial charge in [0.05, 0.1) is 0 Å². The molecule has 0 aliphatic carbocycles. The van der Waals surface area contributed by atoms with Crippen LogP contribution >= 0.6 is 0 Å². The van der Waals surface area contributed by atoms with Gasteiger partial charge in [-0.1, -0.05) is 12.1 Å². The molecule has 0 radical (unpaired) electrons. The number of likely N-dealkylation sites (tertiary alicyclic amines) is 1. The summed E-state index contributed by atoms with van der Waals surface area (Å²) in [4.78, 5) is 22.7. The van der Waals surface area contributed by atoms with Gasteiger partial charge in [0.2, 0.25) is 5.91 Å². The van der Waals surface area contributed by atoms with E-state index in [2.05, 4.69) is 20.4 Å². The molecule has 3 aromatic rings. The number of hydrogen-bond acceptors (Lipinski definition) is 6. The highest BCUT2D eigenvalue weighted by Gasteiger charge is 2.32. The van der Waals surface area contributed by atoms with E-state index in [1.807, 2.05) is 0 Å². The van der Waals surface area contributed by atoms with Crippen molar-refractivity contribution >= 4 is 17.4 Å². The normalized spacial score (nSPS) is 16.7. The Kier molecular flexibility index (Phi) is 4.41. The molecule has 1 fully saturated rings. The lowest BCUT2D eigenvalue weighted by Gasteiger charge is -2.18. The number of nitrogens with zero attached hydrogens (tertiary/aromatic N) is 5. The Morgan fingerprint density at radius 1 is 1.26 bits per heavy atom. The Morgan fingerprint density at radius 2 is 2.07 bits per heavy atom. The summed E-state index contributed by atoms with van der Waals surface area (Å²) in [7, 11) is 0. The highest BCUT2D eigenvalue weighted by molar-refractivity contribution is 5.87. The number of rotatable bonds is 5. The van der Waals surface area contributed by atoms with Crippen molar-refractivity contribution in [3.05, 3.63) is 60.4 Å². The third kappa shape index (κ3) is 3.43. The number of carbonyl (C=O) groups excluding carboxylic acids is 1. The Bertz CT molecular complexity index is 943. The minimum atomic E-state index is -0.423. The molecule has 27 heavy (non-hydrogen) atoms. The van der Waals surface area contributed by atoms with Crippen LogP contribution < -0.4 is 11.1 Å². The van der Waals surface area contributed by atoms with Crippen LogP contribution in [0, 0.1) is 5.82 Å². The molecule has 0 bridgehead atoms. The molecule has 0 spiro atoms. The highest BCUT2D eigenvalue weighted by atomic mass is 19.1. The molecule has 1 unspecified atom stereocenters. The van der Waals surface area contributed by atoms with Crippen molar-refractivity contribution in [3.8, 4) is 5.82 Å². The first kappa shape index (κ1) is 17.0. The third-order valence-electron chi connectivity index (χ3n) is 4.48. The Morgan fingerprint density at radius 3 is 2.81 bits per heavy atom. The van der Waals surface area contributed by atoms with Gasteiger partial charge >= 0.3 is 0 Å². The van der Waals surface area contributed by atoms with Crippen LogP contribution in [0.25, 0.3) is 5.82 Å². The van der Waals surface area contributed by atoms with Gasteiger partial charge in [0, 0.05) is 25.5 Å². The smallest absolute Gasteiger partial charge is 0.245 e. The van der Waals surface area contributed by atoms with Gasteiger partial charge in [-0.2, -0.15) is 5.10 Å². The van der Waals surface area contributed by atoms with E-state index in [1.54, 1.807) is 40.2 Å². The maximum absolute atomic E-state index is 13.0. The average molecular weight is 367 g/mol. The van der Waals surface area contributed by atoms with E-state index in [4.69, 9.17) is 5.73 Å². The van der Waals surface area contributed by atoms with Crippen LogP contribution in [0.15, 0.2) is 49.1 Å². The van der Waals surface area contributed by atoms with Crippen molar-refractivity contribution in [2.75, 3.05) is 17.6 Å². The summed E-state index contributed by atoms with van der Waals surface area (Å²) in [6.07, 6.45) is 5.36. The van der Waals surface area contributed by atoms with Crippen LogP contribution in [0.4, 0.5) is 15.9 Å². The van der Waals surface area contributed by atoms with Crippen molar-refractivity contribution < 1.29 is 9.18 Å². The first-order valence-electron chi connectivity index (χ1n) is 8.52. The molecule has 4 rings (SSSR count). The number of hydrogen-bond donors (Lipinski definition) is 2. The molecule has 1 atom stereocenters. The number of halogens is 1. The molecule has 1 saturated heterocycles. The number of amides is 1. The molecule has 1 aliphatic heterocycles. The van der Waals surface area contributed by atoms with Crippen LogP contribution in [-0.2, 0) is 11.3 Å². The summed E-state index contributed by atoms with van der Waals surface area (Å²) in [6.45, 7) is 1.04. The number of anilines is 2. The minimum absolute atomic E-state index is 0.0435. The lowest BCUT2D eigenvalue weighted by molar-refractivity contribution is -0.128. The zero-order valence-electron chi connectivity index (χ0n) is 14.4. The van der Waals surface area contributed by atoms with Crippen LogP contribution in [0.5, 0.6) is 0 Å². The molecule has 9 heteroatoms. The van der Waals surface area contributed by atoms with E-state index in [0.717, 1.165) is 5.56 Å². The van der Waals surface area contributed by atoms with Gasteiger partial charge in [0.1, 0.15) is 23.9 Å².